The lowest BCUT2D eigenvalue weighted by Gasteiger charge is -2.15. The van der Waals surface area contributed by atoms with Crippen molar-refractivity contribution in [2.24, 2.45) is 4.99 Å². The van der Waals surface area contributed by atoms with Gasteiger partial charge in [-0.25, -0.2) is 9.38 Å². The number of amides is 2. The minimum atomic E-state index is -0.564. The Morgan fingerprint density at radius 3 is 2.61 bits per heavy atom. The Morgan fingerprint density at radius 1 is 1.18 bits per heavy atom. The van der Waals surface area contributed by atoms with Crippen LogP contribution in [0.1, 0.15) is 26.2 Å². The van der Waals surface area contributed by atoms with E-state index >= 15 is 0 Å². The molecule has 0 aliphatic carbocycles. The molecule has 2 aromatic carbocycles. The molecular formula is C21H22FN3O2S. The van der Waals surface area contributed by atoms with E-state index in [0.717, 1.165) is 18.5 Å². The van der Waals surface area contributed by atoms with E-state index in [4.69, 9.17) is 0 Å². The molecule has 7 heteroatoms. The molecule has 0 bridgehead atoms. The summed E-state index contributed by atoms with van der Waals surface area (Å²) in [7, 11) is 0. The van der Waals surface area contributed by atoms with Crippen LogP contribution in [0, 0.1) is 5.82 Å². The van der Waals surface area contributed by atoms with Crippen LogP contribution in [0.15, 0.2) is 59.6 Å². The highest BCUT2D eigenvalue weighted by Crippen LogP contribution is 2.32. The molecule has 5 nitrogen and oxygen atoms in total. The molecule has 0 aromatic heterocycles. The van der Waals surface area contributed by atoms with Crippen LogP contribution in [0.4, 0.5) is 15.8 Å². The van der Waals surface area contributed by atoms with Gasteiger partial charge in [-0.2, -0.15) is 0 Å². The van der Waals surface area contributed by atoms with E-state index < -0.39 is 17.0 Å². The molecule has 1 aliphatic rings. The molecular weight excluding hydrogens is 377 g/mol. The van der Waals surface area contributed by atoms with Gasteiger partial charge in [0.1, 0.15) is 11.1 Å². The van der Waals surface area contributed by atoms with Crippen LogP contribution in [-0.2, 0) is 9.59 Å². The third-order valence-corrected chi connectivity index (χ3v) is 5.43. The highest BCUT2D eigenvalue weighted by atomic mass is 32.2. The largest absolute Gasteiger partial charge is 0.324 e. The lowest BCUT2D eigenvalue weighted by molar-refractivity contribution is -0.128. The maximum absolute atomic E-state index is 13.7. The number of nitrogens with one attached hydrogen (secondary N) is 1. The van der Waals surface area contributed by atoms with E-state index in [1.54, 1.807) is 17.0 Å². The first-order chi connectivity index (χ1) is 13.6. The van der Waals surface area contributed by atoms with Crippen LogP contribution >= 0.6 is 11.8 Å². The Labute approximate surface area is 168 Å². The van der Waals surface area contributed by atoms with E-state index in [-0.39, 0.29) is 18.0 Å². The van der Waals surface area contributed by atoms with Crippen molar-refractivity contribution < 1.29 is 14.0 Å². The highest BCUT2D eigenvalue weighted by Gasteiger charge is 2.38. The van der Waals surface area contributed by atoms with Gasteiger partial charge in [0.2, 0.25) is 11.8 Å². The average molecular weight is 399 g/mol. The number of carbonyl (C=O) groups excluding carboxylic acids is 2. The Morgan fingerprint density at radius 2 is 1.89 bits per heavy atom. The number of unbranched alkanes of at least 4 members (excludes halogenated alkanes) is 1. The molecule has 1 fully saturated rings. The molecule has 2 aromatic rings. The number of amidine groups is 1. The number of benzene rings is 2. The minimum absolute atomic E-state index is 0.0335. The molecule has 28 heavy (non-hydrogen) atoms. The number of halogens is 1. The van der Waals surface area contributed by atoms with Crippen LogP contribution in [0.25, 0.3) is 0 Å². The maximum Gasteiger partial charge on any atom is 0.242 e. The first kappa shape index (κ1) is 20.1. The molecule has 0 saturated carbocycles. The van der Waals surface area contributed by atoms with Crippen LogP contribution in [0.2, 0.25) is 0 Å². The molecule has 1 heterocycles. The zero-order chi connectivity index (χ0) is 19.9. The predicted molar refractivity (Wildman–Crippen MR) is 111 cm³/mol. The SMILES string of the molecule is CCCCN1C(=O)C(CC(=O)Nc2ccccc2F)SC1=Nc1ccccc1. The molecule has 0 spiro atoms. The van der Waals surface area contributed by atoms with E-state index in [9.17, 15) is 14.0 Å². The van der Waals surface area contributed by atoms with Gasteiger partial charge in [0.05, 0.1) is 11.4 Å². The molecule has 146 valence electrons. The van der Waals surface area contributed by atoms with Crippen molar-refractivity contribution in [3.8, 4) is 0 Å². The number of hydrogen-bond acceptors (Lipinski definition) is 4. The molecule has 1 N–H and O–H groups in total. The van der Waals surface area contributed by atoms with E-state index in [1.165, 1.54) is 23.9 Å². The van der Waals surface area contributed by atoms with Crippen LogP contribution in [0.3, 0.4) is 0 Å². The highest BCUT2D eigenvalue weighted by molar-refractivity contribution is 8.15. The minimum Gasteiger partial charge on any atom is -0.324 e. The summed E-state index contributed by atoms with van der Waals surface area (Å²) >= 11 is 1.29. The molecule has 1 saturated heterocycles. The van der Waals surface area contributed by atoms with Gasteiger partial charge < -0.3 is 5.32 Å². The Hall–Kier alpha value is -2.67. The quantitative estimate of drug-likeness (QED) is 0.741. The molecule has 0 radical (unpaired) electrons. The third kappa shape index (κ3) is 4.98. The first-order valence-corrected chi connectivity index (χ1v) is 10.1. The van der Waals surface area contributed by atoms with Crippen molar-refractivity contribution in [3.63, 3.8) is 0 Å². The average Bonchev–Trinajstić information content (AvgIpc) is 2.97. The summed E-state index contributed by atoms with van der Waals surface area (Å²) < 4.78 is 13.7. The zero-order valence-electron chi connectivity index (χ0n) is 15.6. The van der Waals surface area contributed by atoms with Gasteiger partial charge in [0, 0.05) is 13.0 Å². The summed E-state index contributed by atoms with van der Waals surface area (Å²) in [6, 6.07) is 15.4. The topological polar surface area (TPSA) is 61.8 Å². The second-order valence-electron chi connectivity index (χ2n) is 6.41. The Kier molecular flexibility index (Phi) is 6.81. The van der Waals surface area contributed by atoms with Crippen molar-refractivity contribution >= 4 is 40.1 Å². The number of nitrogens with zero attached hydrogens (tertiary/aromatic N) is 2. The summed E-state index contributed by atoms with van der Waals surface area (Å²) in [5.41, 5.74) is 0.875. The second kappa shape index (κ2) is 9.50. The van der Waals surface area contributed by atoms with E-state index in [0.29, 0.717) is 11.7 Å². The normalized spacial score (nSPS) is 17.9. The Balaban J connectivity index is 1.73. The molecule has 1 unspecified atom stereocenters. The van der Waals surface area contributed by atoms with Gasteiger partial charge in [0.25, 0.3) is 0 Å². The first-order valence-electron chi connectivity index (χ1n) is 9.24. The predicted octanol–water partition coefficient (Wildman–Crippen LogP) is 4.59. The summed E-state index contributed by atoms with van der Waals surface area (Å²) in [6.07, 6.45) is 1.77. The summed E-state index contributed by atoms with van der Waals surface area (Å²) in [5, 5.41) is 2.58. The standard InChI is InChI=1S/C21H22FN3O2S/c1-2-3-13-25-20(27)18(28-21(25)23-15-9-5-4-6-10-15)14-19(26)24-17-12-8-7-11-16(17)22/h4-12,18H,2-3,13-14H2,1H3,(H,24,26). The summed E-state index contributed by atoms with van der Waals surface area (Å²) in [4.78, 5) is 31.4. The van der Waals surface area contributed by atoms with Gasteiger partial charge in [-0.05, 0) is 30.7 Å². The fourth-order valence-electron chi connectivity index (χ4n) is 2.79. The second-order valence-corrected chi connectivity index (χ2v) is 7.58. The van der Waals surface area contributed by atoms with Gasteiger partial charge >= 0.3 is 0 Å². The lowest BCUT2D eigenvalue weighted by atomic mass is 10.2. The van der Waals surface area contributed by atoms with Crippen LogP contribution < -0.4 is 5.32 Å². The Bertz CT molecular complexity index is 873. The zero-order valence-corrected chi connectivity index (χ0v) is 16.4. The molecule has 1 aliphatic heterocycles. The number of anilines is 1. The summed E-state index contributed by atoms with van der Waals surface area (Å²) in [5.74, 6) is -1.03. The van der Waals surface area contributed by atoms with E-state index in [1.807, 2.05) is 30.3 Å². The van der Waals surface area contributed by atoms with Crippen molar-refractivity contribution in [3.05, 3.63) is 60.4 Å². The van der Waals surface area contributed by atoms with Gasteiger partial charge in [-0.15, -0.1) is 0 Å². The number of rotatable bonds is 7. The van der Waals surface area contributed by atoms with Gasteiger partial charge in [0.15, 0.2) is 5.17 Å². The van der Waals surface area contributed by atoms with Crippen molar-refractivity contribution in [2.75, 3.05) is 11.9 Å². The number of hydrogen-bond donors (Lipinski definition) is 1. The number of aliphatic imine (C=N–C) groups is 1. The molecule has 3 rings (SSSR count). The molecule has 1 atom stereocenters. The van der Waals surface area contributed by atoms with Crippen molar-refractivity contribution in [1.29, 1.82) is 0 Å². The lowest BCUT2D eigenvalue weighted by Crippen LogP contribution is -2.34. The van der Waals surface area contributed by atoms with Gasteiger partial charge in [-0.1, -0.05) is 55.4 Å². The van der Waals surface area contributed by atoms with Crippen LogP contribution in [0.5, 0.6) is 0 Å². The molecule has 2 amide bonds. The number of carbonyl (C=O) groups is 2. The third-order valence-electron chi connectivity index (χ3n) is 4.25. The van der Waals surface area contributed by atoms with Gasteiger partial charge in [-0.3, -0.25) is 14.5 Å². The summed E-state index contributed by atoms with van der Waals surface area (Å²) in [6.45, 7) is 2.63. The maximum atomic E-state index is 13.7. The smallest absolute Gasteiger partial charge is 0.242 e. The van der Waals surface area contributed by atoms with Crippen LogP contribution in [-0.4, -0.2) is 33.7 Å². The van der Waals surface area contributed by atoms with Crippen molar-refractivity contribution in [2.45, 2.75) is 31.4 Å². The van der Waals surface area contributed by atoms with E-state index in [2.05, 4.69) is 17.2 Å². The number of para-hydroxylation sites is 2. The fraction of sp³-hybridized carbons (Fsp3) is 0.286. The monoisotopic (exact) mass is 399 g/mol. The van der Waals surface area contributed by atoms with Crippen molar-refractivity contribution in [1.82, 2.24) is 4.90 Å². The number of thioether (sulfide) groups is 1. The fourth-order valence-corrected chi connectivity index (χ4v) is 3.98.